The van der Waals surface area contributed by atoms with E-state index in [2.05, 4.69) is 75.7 Å². The van der Waals surface area contributed by atoms with Crippen molar-refractivity contribution in [3.05, 3.63) is 144 Å². The second kappa shape index (κ2) is 20.8. The summed E-state index contributed by atoms with van der Waals surface area (Å²) in [6.45, 7) is 10.2. The second-order valence-electron chi connectivity index (χ2n) is 16.7. The van der Waals surface area contributed by atoms with Crippen LogP contribution in [0.2, 0.25) is 0 Å². The van der Waals surface area contributed by atoms with Gasteiger partial charge in [-0.05, 0) is 100 Å². The van der Waals surface area contributed by atoms with Crippen molar-refractivity contribution < 1.29 is 23.5 Å². The first-order chi connectivity index (χ1) is 33.1. The van der Waals surface area contributed by atoms with Gasteiger partial charge in [0.1, 0.15) is 5.82 Å². The molecule has 2 saturated heterocycles. The van der Waals surface area contributed by atoms with Crippen molar-refractivity contribution in [2.45, 2.75) is 20.0 Å². The number of aryl methyl sites for hydroxylation is 1. The molecule has 0 aliphatic carbocycles. The van der Waals surface area contributed by atoms with E-state index >= 15 is 0 Å². The van der Waals surface area contributed by atoms with Crippen molar-refractivity contribution in [1.82, 2.24) is 30.2 Å². The lowest BCUT2D eigenvalue weighted by molar-refractivity contribution is 0.0343. The summed E-state index contributed by atoms with van der Waals surface area (Å²) >= 11 is 0. The third-order valence-corrected chi connectivity index (χ3v) is 11.9. The molecule has 68 heavy (non-hydrogen) atoms. The van der Waals surface area contributed by atoms with Crippen molar-refractivity contribution >= 4 is 68.3 Å². The minimum Gasteiger partial charge on any atom is -0.382 e. The van der Waals surface area contributed by atoms with E-state index in [0.29, 0.717) is 28.7 Å². The number of fused-ring (bicyclic) bond motifs is 2. The molecule has 6 aromatic carbocycles. The molecule has 0 radical (unpaired) electrons. The Morgan fingerprint density at radius 2 is 1.00 bits per heavy atom. The van der Waals surface area contributed by atoms with Crippen molar-refractivity contribution in [2.24, 2.45) is 0 Å². The number of hydrogen-bond donors (Lipinski definition) is 8. The summed E-state index contributed by atoms with van der Waals surface area (Å²) in [4.78, 5) is 29.3. The van der Waals surface area contributed by atoms with E-state index in [4.69, 9.17) is 20.9 Å². The molecule has 2 aliphatic heterocycles. The zero-order valence-electron chi connectivity index (χ0n) is 37.6. The van der Waals surface area contributed by atoms with Gasteiger partial charge in [0.05, 0.1) is 48.2 Å². The molecule has 2 aliphatic rings. The molecule has 0 spiro atoms. The van der Waals surface area contributed by atoms with Crippen LogP contribution >= 0.6 is 0 Å². The molecule has 16 nitrogen and oxygen atoms in total. The molecule has 4 amide bonds. The molecule has 0 saturated carbocycles. The molecular weight excluding hydrogens is 864 g/mol. The van der Waals surface area contributed by atoms with Gasteiger partial charge >= 0.3 is 12.1 Å². The Kier molecular flexibility index (Phi) is 13.8. The standard InChI is InChI=1S/C26H28N6O2.C25H25FN6O2/c1-17-3-2-4-21(15-17)29-26(33)28-20-8-5-18(6-9-20)22-10-7-19(16-32-11-13-34-14-12-32)24-23(22)25(27)31-30-24;26-18-2-1-3-20(14-18)29-25(33)28-19-7-4-16(5-8-19)21-9-6-17(15-32-10-12-34-13-11-32)23-22(21)24(27)31-30-23/h2-10,15H,11-14,16H2,1H3,(H3,27,30,31)(H2,28,29,33);1-9,14H,10-13,15H2,(H3,27,30,31)(H2,28,29,33). The van der Waals surface area contributed by atoms with Crippen LogP contribution in [0.4, 0.5) is 48.4 Å². The van der Waals surface area contributed by atoms with Crippen molar-refractivity contribution in [3.63, 3.8) is 0 Å². The van der Waals surface area contributed by atoms with E-state index in [-0.39, 0.29) is 6.03 Å². The Morgan fingerprint density at radius 1 is 0.574 bits per heavy atom. The third kappa shape index (κ3) is 10.9. The number of aromatic nitrogens is 4. The number of urea groups is 2. The molecule has 17 heteroatoms. The molecular formula is C51H53FN12O4. The Balaban J connectivity index is 0.000000170. The van der Waals surface area contributed by atoms with E-state index < -0.39 is 11.8 Å². The van der Waals surface area contributed by atoms with Crippen LogP contribution in [0.1, 0.15) is 16.7 Å². The number of benzene rings is 6. The SMILES string of the molecule is Cc1cccc(NC(=O)Nc2ccc(-c3ccc(CN4CCOCC4)c4[nH]nc(N)c34)cc2)c1.Nc1n[nH]c2c(CN3CCOCC3)ccc(-c3ccc(NC(=O)Nc4cccc(F)c4)cc3)c12. The number of carbonyl (C=O) groups excluding carboxylic acids is 2. The number of anilines is 6. The van der Waals surface area contributed by atoms with Gasteiger partial charge in [0, 0.05) is 62.0 Å². The number of H-pyrrole nitrogens is 2. The highest BCUT2D eigenvalue weighted by atomic mass is 19.1. The summed E-state index contributed by atoms with van der Waals surface area (Å²) in [5.41, 5.74) is 24.1. The number of amides is 4. The summed E-state index contributed by atoms with van der Waals surface area (Å²) < 4.78 is 24.2. The Hall–Kier alpha value is -7.83. The van der Waals surface area contributed by atoms with Gasteiger partial charge in [0.25, 0.3) is 0 Å². The van der Waals surface area contributed by atoms with E-state index in [0.717, 1.165) is 132 Å². The molecule has 0 atom stereocenters. The van der Waals surface area contributed by atoms with Crippen LogP contribution in [0.25, 0.3) is 44.1 Å². The average molecular weight is 917 g/mol. The van der Waals surface area contributed by atoms with Crippen LogP contribution in [0, 0.1) is 12.7 Å². The second-order valence-corrected chi connectivity index (χ2v) is 16.7. The first kappa shape index (κ1) is 45.3. The van der Waals surface area contributed by atoms with Gasteiger partial charge in [-0.2, -0.15) is 10.2 Å². The van der Waals surface area contributed by atoms with Gasteiger partial charge in [-0.25, -0.2) is 14.0 Å². The van der Waals surface area contributed by atoms with Gasteiger partial charge in [0.2, 0.25) is 0 Å². The number of aromatic amines is 2. The van der Waals surface area contributed by atoms with Crippen LogP contribution in [0.3, 0.4) is 0 Å². The predicted octanol–water partition coefficient (Wildman–Crippen LogP) is 9.02. The largest absolute Gasteiger partial charge is 0.382 e. The number of nitrogen functional groups attached to an aromatic ring is 2. The third-order valence-electron chi connectivity index (χ3n) is 11.9. The van der Waals surface area contributed by atoms with E-state index in [1.165, 1.54) is 18.2 Å². The number of carbonyl (C=O) groups is 2. The smallest absolute Gasteiger partial charge is 0.323 e. The molecule has 10 N–H and O–H groups in total. The maximum Gasteiger partial charge on any atom is 0.323 e. The van der Waals surface area contributed by atoms with Crippen LogP contribution in [-0.4, -0.2) is 94.9 Å². The summed E-state index contributed by atoms with van der Waals surface area (Å²) in [5, 5.41) is 27.7. The Bertz CT molecular complexity index is 2830. The highest BCUT2D eigenvalue weighted by molar-refractivity contribution is 6.05. The number of nitrogens with two attached hydrogens (primary N) is 2. The Morgan fingerprint density at radius 3 is 1.44 bits per heavy atom. The highest BCUT2D eigenvalue weighted by Crippen LogP contribution is 2.36. The summed E-state index contributed by atoms with van der Waals surface area (Å²) in [5.74, 6) is 0.516. The first-order valence-corrected chi connectivity index (χ1v) is 22.4. The normalized spacial score (nSPS) is 14.3. The molecule has 4 heterocycles. The minimum atomic E-state index is -0.452. The summed E-state index contributed by atoms with van der Waals surface area (Å²) in [6.07, 6.45) is 0. The highest BCUT2D eigenvalue weighted by Gasteiger charge is 2.19. The maximum atomic E-state index is 13.3. The van der Waals surface area contributed by atoms with E-state index in [1.807, 2.05) is 79.7 Å². The molecule has 8 aromatic rings. The lowest BCUT2D eigenvalue weighted by Gasteiger charge is -2.26. The molecule has 348 valence electrons. The zero-order valence-corrected chi connectivity index (χ0v) is 37.6. The number of halogens is 1. The fourth-order valence-electron chi connectivity index (χ4n) is 8.51. The summed E-state index contributed by atoms with van der Waals surface area (Å²) in [6, 6.07) is 36.2. The van der Waals surface area contributed by atoms with Crippen LogP contribution in [0.5, 0.6) is 0 Å². The Labute approximate surface area is 392 Å². The number of rotatable bonds is 10. The number of hydrogen-bond acceptors (Lipinski definition) is 10. The van der Waals surface area contributed by atoms with Crippen LogP contribution < -0.4 is 32.7 Å². The van der Waals surface area contributed by atoms with Gasteiger partial charge in [-0.15, -0.1) is 0 Å². The minimum absolute atomic E-state index is 0.285. The lowest BCUT2D eigenvalue weighted by Crippen LogP contribution is -2.35. The van der Waals surface area contributed by atoms with E-state index in [9.17, 15) is 14.0 Å². The monoisotopic (exact) mass is 916 g/mol. The number of morpholine rings is 2. The van der Waals surface area contributed by atoms with Crippen LogP contribution in [-0.2, 0) is 22.6 Å². The number of ether oxygens (including phenoxy) is 2. The number of nitrogens with zero attached hydrogens (tertiary/aromatic N) is 4. The fourth-order valence-corrected chi connectivity index (χ4v) is 8.51. The number of nitrogens with one attached hydrogen (secondary N) is 6. The average Bonchev–Trinajstić information content (AvgIpc) is 3.93. The van der Waals surface area contributed by atoms with Gasteiger partial charge in [0.15, 0.2) is 11.6 Å². The summed E-state index contributed by atoms with van der Waals surface area (Å²) in [7, 11) is 0. The first-order valence-electron chi connectivity index (χ1n) is 22.4. The molecule has 10 rings (SSSR count). The quantitative estimate of drug-likeness (QED) is 0.0651. The van der Waals surface area contributed by atoms with Gasteiger partial charge in [-0.3, -0.25) is 20.0 Å². The van der Waals surface area contributed by atoms with Crippen molar-refractivity contribution in [2.75, 3.05) is 85.3 Å². The van der Waals surface area contributed by atoms with Crippen molar-refractivity contribution in [1.29, 1.82) is 0 Å². The van der Waals surface area contributed by atoms with Gasteiger partial charge in [-0.1, -0.05) is 66.7 Å². The maximum absolute atomic E-state index is 13.3. The molecule has 2 fully saturated rings. The van der Waals surface area contributed by atoms with E-state index in [1.54, 1.807) is 6.07 Å². The lowest BCUT2D eigenvalue weighted by atomic mass is 9.98. The van der Waals surface area contributed by atoms with Crippen LogP contribution in [0.15, 0.2) is 121 Å². The topological polar surface area (TPSA) is 217 Å². The molecule has 0 bridgehead atoms. The fraction of sp³-hybridized carbons (Fsp3) is 0.216. The zero-order chi connectivity index (χ0) is 47.0. The molecule has 0 unspecified atom stereocenters. The van der Waals surface area contributed by atoms with Crippen molar-refractivity contribution in [3.8, 4) is 22.3 Å². The predicted molar refractivity (Wildman–Crippen MR) is 267 cm³/mol. The van der Waals surface area contributed by atoms with Gasteiger partial charge < -0.3 is 42.2 Å². The molecule has 2 aromatic heterocycles.